The molecule has 1 unspecified atom stereocenters. The second kappa shape index (κ2) is 7.43. The summed E-state index contributed by atoms with van der Waals surface area (Å²) >= 11 is 0. The maximum atomic E-state index is 13.1. The molecule has 1 heterocycles. The fourth-order valence-electron chi connectivity index (χ4n) is 4.27. The number of ether oxygens (including phenoxy) is 2. The first-order valence-corrected chi connectivity index (χ1v) is 9.94. The summed E-state index contributed by atoms with van der Waals surface area (Å²) in [6.45, 7) is 4.31. The largest absolute Gasteiger partial charge is 0.497 e. The van der Waals surface area contributed by atoms with Crippen molar-refractivity contribution in [3.63, 3.8) is 0 Å². The standard InChI is InChI=1S/C25H27NO3/c1-25(2)14-22-24(23(27)15-25)20(16-5-9-18(28-3)10-6-16)13-21(26-22)17-7-11-19(29-4)12-8-17/h5-13,20,26H,14-15H2,1-4H3. The highest BCUT2D eigenvalue weighted by molar-refractivity contribution is 6.00. The summed E-state index contributed by atoms with van der Waals surface area (Å²) in [5.41, 5.74) is 5.09. The third kappa shape index (κ3) is 3.80. The van der Waals surface area contributed by atoms with Gasteiger partial charge in [0, 0.05) is 29.3 Å². The molecule has 2 aromatic carbocycles. The second-order valence-corrected chi connectivity index (χ2v) is 8.52. The van der Waals surface area contributed by atoms with Crippen molar-refractivity contribution >= 4 is 11.5 Å². The number of carbonyl (C=O) groups is 1. The lowest BCUT2D eigenvalue weighted by atomic mass is 9.70. The predicted molar refractivity (Wildman–Crippen MR) is 115 cm³/mol. The Balaban J connectivity index is 1.79. The highest BCUT2D eigenvalue weighted by Crippen LogP contribution is 2.45. The van der Waals surface area contributed by atoms with Gasteiger partial charge >= 0.3 is 0 Å². The third-order valence-electron chi connectivity index (χ3n) is 5.73. The van der Waals surface area contributed by atoms with Gasteiger partial charge in [-0.15, -0.1) is 0 Å². The molecule has 4 heteroatoms. The number of dihydropyridines is 1. The van der Waals surface area contributed by atoms with Gasteiger partial charge in [-0.2, -0.15) is 0 Å². The lowest BCUT2D eigenvalue weighted by Gasteiger charge is -2.38. The van der Waals surface area contributed by atoms with Gasteiger partial charge in [0.1, 0.15) is 11.5 Å². The van der Waals surface area contributed by atoms with Gasteiger partial charge in [-0.05, 0) is 65.4 Å². The van der Waals surface area contributed by atoms with E-state index in [1.807, 2.05) is 36.4 Å². The van der Waals surface area contributed by atoms with E-state index in [1.54, 1.807) is 14.2 Å². The Morgan fingerprint density at radius 3 is 2.07 bits per heavy atom. The first kappa shape index (κ1) is 19.3. The van der Waals surface area contributed by atoms with Gasteiger partial charge in [0.2, 0.25) is 0 Å². The van der Waals surface area contributed by atoms with Crippen molar-refractivity contribution in [2.24, 2.45) is 5.41 Å². The molecule has 1 atom stereocenters. The number of ketones is 1. The topological polar surface area (TPSA) is 47.6 Å². The monoisotopic (exact) mass is 389 g/mol. The molecule has 2 aliphatic rings. The normalized spacial score (nSPS) is 20.5. The number of Topliss-reactive ketones (excluding diaryl/α,β-unsaturated/α-hetero) is 1. The number of methoxy groups -OCH3 is 2. The average Bonchev–Trinajstić information content (AvgIpc) is 2.72. The van der Waals surface area contributed by atoms with Crippen LogP contribution in [0.25, 0.3) is 5.70 Å². The van der Waals surface area contributed by atoms with E-state index in [4.69, 9.17) is 9.47 Å². The first-order valence-electron chi connectivity index (χ1n) is 9.94. The maximum absolute atomic E-state index is 13.1. The molecule has 0 radical (unpaired) electrons. The van der Waals surface area contributed by atoms with E-state index in [2.05, 4.69) is 37.4 Å². The van der Waals surface area contributed by atoms with Crippen LogP contribution in [0.5, 0.6) is 11.5 Å². The van der Waals surface area contributed by atoms with Gasteiger partial charge in [-0.1, -0.05) is 26.0 Å². The van der Waals surface area contributed by atoms with Gasteiger partial charge < -0.3 is 14.8 Å². The molecule has 0 aromatic heterocycles. The van der Waals surface area contributed by atoms with Crippen molar-refractivity contribution in [2.75, 3.05) is 14.2 Å². The summed E-state index contributed by atoms with van der Waals surface area (Å²) in [6, 6.07) is 16.0. The molecule has 0 fully saturated rings. The van der Waals surface area contributed by atoms with E-state index in [1.165, 1.54) is 0 Å². The zero-order valence-corrected chi connectivity index (χ0v) is 17.4. The van der Waals surface area contributed by atoms with Crippen molar-refractivity contribution in [3.05, 3.63) is 77.0 Å². The summed E-state index contributed by atoms with van der Waals surface area (Å²) in [7, 11) is 3.33. The summed E-state index contributed by atoms with van der Waals surface area (Å²) in [5.74, 6) is 1.80. The summed E-state index contributed by atoms with van der Waals surface area (Å²) in [4.78, 5) is 13.1. The minimum absolute atomic E-state index is 0.0459. The van der Waals surface area contributed by atoms with Gasteiger partial charge in [0.25, 0.3) is 0 Å². The third-order valence-corrected chi connectivity index (χ3v) is 5.73. The highest BCUT2D eigenvalue weighted by Gasteiger charge is 2.38. The van der Waals surface area contributed by atoms with E-state index in [9.17, 15) is 4.79 Å². The molecule has 0 saturated carbocycles. The minimum Gasteiger partial charge on any atom is -0.497 e. The number of nitrogens with one attached hydrogen (secondary N) is 1. The van der Waals surface area contributed by atoms with Crippen LogP contribution in [-0.2, 0) is 4.79 Å². The van der Waals surface area contributed by atoms with E-state index < -0.39 is 0 Å². The Bertz CT molecular complexity index is 982. The van der Waals surface area contributed by atoms with E-state index in [0.717, 1.165) is 46.0 Å². The molecule has 0 spiro atoms. The first-order chi connectivity index (χ1) is 13.9. The Morgan fingerprint density at radius 2 is 1.48 bits per heavy atom. The SMILES string of the molecule is COc1ccc(C2=CC(c3ccc(OC)cc3)C3=C(CC(C)(C)CC3=O)N2)cc1. The zero-order chi connectivity index (χ0) is 20.6. The Kier molecular flexibility index (Phi) is 4.95. The molecule has 0 amide bonds. The summed E-state index contributed by atoms with van der Waals surface area (Å²) < 4.78 is 10.6. The van der Waals surface area contributed by atoms with Crippen molar-refractivity contribution in [3.8, 4) is 11.5 Å². The van der Waals surface area contributed by atoms with Crippen LogP contribution in [-0.4, -0.2) is 20.0 Å². The molecule has 2 aromatic rings. The summed E-state index contributed by atoms with van der Waals surface area (Å²) in [5, 5.41) is 3.57. The van der Waals surface area contributed by atoms with Gasteiger partial charge in [0.05, 0.1) is 14.2 Å². The Labute approximate surface area is 172 Å². The molecule has 1 N–H and O–H groups in total. The van der Waals surface area contributed by atoms with Gasteiger partial charge in [-0.25, -0.2) is 0 Å². The molecule has 0 bridgehead atoms. The lowest BCUT2D eigenvalue weighted by molar-refractivity contribution is -0.118. The van der Waals surface area contributed by atoms with Crippen LogP contribution < -0.4 is 14.8 Å². The van der Waals surface area contributed by atoms with Crippen LogP contribution in [0.3, 0.4) is 0 Å². The minimum atomic E-state index is -0.0714. The zero-order valence-electron chi connectivity index (χ0n) is 17.4. The Morgan fingerprint density at radius 1 is 0.897 bits per heavy atom. The van der Waals surface area contributed by atoms with Crippen LogP contribution in [0, 0.1) is 5.41 Å². The molecular weight excluding hydrogens is 362 g/mol. The number of rotatable bonds is 4. The number of allylic oxidation sites excluding steroid dienone is 3. The van der Waals surface area contributed by atoms with Crippen LogP contribution in [0.2, 0.25) is 0 Å². The molecule has 4 rings (SSSR count). The fourth-order valence-corrected chi connectivity index (χ4v) is 4.27. The van der Waals surface area contributed by atoms with E-state index in [0.29, 0.717) is 6.42 Å². The predicted octanol–water partition coefficient (Wildman–Crippen LogP) is 5.07. The smallest absolute Gasteiger partial charge is 0.162 e. The number of hydrogen-bond acceptors (Lipinski definition) is 4. The highest BCUT2D eigenvalue weighted by atomic mass is 16.5. The quantitative estimate of drug-likeness (QED) is 0.793. The molecule has 0 saturated heterocycles. The lowest BCUT2D eigenvalue weighted by Crippen LogP contribution is -2.35. The van der Waals surface area contributed by atoms with Gasteiger partial charge in [0.15, 0.2) is 5.78 Å². The van der Waals surface area contributed by atoms with Gasteiger partial charge in [-0.3, -0.25) is 4.79 Å². The van der Waals surface area contributed by atoms with Crippen molar-refractivity contribution in [1.29, 1.82) is 0 Å². The summed E-state index contributed by atoms with van der Waals surface area (Å²) in [6.07, 6.45) is 3.60. The molecular formula is C25H27NO3. The molecule has 1 aliphatic heterocycles. The maximum Gasteiger partial charge on any atom is 0.162 e. The van der Waals surface area contributed by atoms with Crippen LogP contribution in [0.1, 0.15) is 43.7 Å². The molecule has 29 heavy (non-hydrogen) atoms. The molecule has 150 valence electrons. The average molecular weight is 389 g/mol. The van der Waals surface area contributed by atoms with Crippen LogP contribution in [0.15, 0.2) is 65.9 Å². The van der Waals surface area contributed by atoms with E-state index >= 15 is 0 Å². The molecule has 4 nitrogen and oxygen atoms in total. The Hall–Kier alpha value is -3.01. The van der Waals surface area contributed by atoms with Crippen molar-refractivity contribution in [2.45, 2.75) is 32.6 Å². The van der Waals surface area contributed by atoms with Crippen molar-refractivity contribution in [1.82, 2.24) is 5.32 Å². The van der Waals surface area contributed by atoms with E-state index in [-0.39, 0.29) is 17.1 Å². The number of benzene rings is 2. The van der Waals surface area contributed by atoms with Crippen molar-refractivity contribution < 1.29 is 14.3 Å². The van der Waals surface area contributed by atoms with Crippen LogP contribution >= 0.6 is 0 Å². The number of carbonyl (C=O) groups excluding carboxylic acids is 1. The fraction of sp³-hybridized carbons (Fsp3) is 0.320. The van der Waals surface area contributed by atoms with Crippen LogP contribution in [0.4, 0.5) is 0 Å². The second-order valence-electron chi connectivity index (χ2n) is 8.52. The number of hydrogen-bond donors (Lipinski definition) is 1. The molecule has 1 aliphatic carbocycles.